The summed E-state index contributed by atoms with van der Waals surface area (Å²) in [5, 5.41) is 3.12. The maximum Gasteiger partial charge on any atom is 0.329 e. The number of carbonyl (C=O) groups is 1. The fourth-order valence-corrected chi connectivity index (χ4v) is 3.30. The van der Waals surface area contributed by atoms with Crippen molar-refractivity contribution in [1.82, 2.24) is 14.9 Å². The van der Waals surface area contributed by atoms with E-state index in [1.165, 1.54) is 19.5 Å². The van der Waals surface area contributed by atoms with E-state index in [1.807, 2.05) is 4.90 Å². The molecule has 2 heterocycles. The lowest BCUT2D eigenvalue weighted by Crippen LogP contribution is -2.46. The van der Waals surface area contributed by atoms with Gasteiger partial charge in [0.05, 0.1) is 0 Å². The zero-order chi connectivity index (χ0) is 17.1. The van der Waals surface area contributed by atoms with Crippen molar-refractivity contribution in [2.24, 2.45) is 7.05 Å². The van der Waals surface area contributed by atoms with Crippen molar-refractivity contribution < 1.29 is 4.79 Å². The van der Waals surface area contributed by atoms with Crippen LogP contribution in [0.5, 0.6) is 0 Å². The van der Waals surface area contributed by atoms with Gasteiger partial charge in [0.15, 0.2) is 0 Å². The second-order valence-corrected chi connectivity index (χ2v) is 6.57. The predicted octanol–water partition coefficient (Wildman–Crippen LogP) is 0.659. The molecule has 3 rings (SSSR count). The Kier molecular flexibility index (Phi) is 4.87. The maximum absolute atomic E-state index is 12.3. The van der Waals surface area contributed by atoms with Crippen LogP contribution in [-0.4, -0.2) is 34.6 Å². The molecule has 7 nitrogen and oxygen atoms in total. The minimum absolute atomic E-state index is 0.0649. The van der Waals surface area contributed by atoms with Crippen LogP contribution in [0.2, 0.25) is 0 Å². The van der Waals surface area contributed by atoms with Gasteiger partial charge in [-0.2, -0.15) is 0 Å². The lowest BCUT2D eigenvalue weighted by atomic mass is 9.98. The average Bonchev–Trinajstić information content (AvgIpc) is 2.60. The summed E-state index contributed by atoms with van der Waals surface area (Å²) in [6.45, 7) is 1.40. The quantitative estimate of drug-likeness (QED) is 0.851. The normalized spacial score (nSPS) is 19.0. The molecule has 1 aliphatic heterocycles. The van der Waals surface area contributed by atoms with E-state index in [0.29, 0.717) is 18.9 Å². The van der Waals surface area contributed by atoms with Gasteiger partial charge in [0, 0.05) is 37.8 Å². The van der Waals surface area contributed by atoms with Crippen molar-refractivity contribution in [3.8, 4) is 0 Å². The summed E-state index contributed by atoms with van der Waals surface area (Å²) in [5.41, 5.74) is 0.199. The van der Waals surface area contributed by atoms with Crippen LogP contribution in [0.25, 0.3) is 0 Å². The molecule has 0 unspecified atom stereocenters. The molecule has 1 aromatic heterocycles. The third-order valence-corrected chi connectivity index (χ3v) is 4.88. The molecule has 0 aromatic carbocycles. The van der Waals surface area contributed by atoms with Crippen LogP contribution < -0.4 is 21.5 Å². The summed E-state index contributed by atoms with van der Waals surface area (Å²) in [6.07, 6.45) is 7.79. The molecule has 130 valence electrons. The molecule has 7 heteroatoms. The highest BCUT2D eigenvalue weighted by Crippen LogP contribution is 2.19. The van der Waals surface area contributed by atoms with Crippen LogP contribution in [0, 0.1) is 0 Å². The molecule has 2 aliphatic rings. The standard InChI is InChI=1S/C17H24N4O3/c1-20-15(22)11-14(19-17(20)24)21-9-7-13(8-10-21)18-16(23)12-5-3-2-4-6-12/h5,11,13H,2-4,6-10H2,1H3,(H,18,23)(H,19,24). The predicted molar refractivity (Wildman–Crippen MR) is 92.2 cm³/mol. The van der Waals surface area contributed by atoms with E-state index in [9.17, 15) is 14.4 Å². The van der Waals surface area contributed by atoms with E-state index in [1.54, 1.807) is 0 Å². The zero-order valence-corrected chi connectivity index (χ0v) is 14.0. The topological polar surface area (TPSA) is 87.2 Å². The zero-order valence-electron chi connectivity index (χ0n) is 14.0. The number of allylic oxidation sites excluding steroid dienone is 1. The molecule has 1 aromatic rings. The van der Waals surface area contributed by atoms with Gasteiger partial charge in [-0.25, -0.2) is 4.79 Å². The molecule has 1 aliphatic carbocycles. The second kappa shape index (κ2) is 7.07. The number of aromatic nitrogens is 2. The summed E-state index contributed by atoms with van der Waals surface area (Å²) in [6, 6.07) is 1.60. The number of amides is 1. The number of aromatic amines is 1. The number of H-pyrrole nitrogens is 1. The van der Waals surface area contributed by atoms with Gasteiger partial charge >= 0.3 is 5.69 Å². The highest BCUT2D eigenvalue weighted by atomic mass is 16.2. The van der Waals surface area contributed by atoms with Gasteiger partial charge in [-0.1, -0.05) is 6.08 Å². The number of hydrogen-bond donors (Lipinski definition) is 2. The molecule has 1 fully saturated rings. The van der Waals surface area contributed by atoms with E-state index in [-0.39, 0.29) is 17.5 Å². The lowest BCUT2D eigenvalue weighted by Gasteiger charge is -2.33. The molecule has 1 saturated heterocycles. The monoisotopic (exact) mass is 332 g/mol. The lowest BCUT2D eigenvalue weighted by molar-refractivity contribution is -0.118. The Morgan fingerprint density at radius 1 is 1.25 bits per heavy atom. The van der Waals surface area contributed by atoms with Gasteiger partial charge in [0.1, 0.15) is 5.82 Å². The number of hydrogen-bond acceptors (Lipinski definition) is 4. The molecule has 0 bridgehead atoms. The summed E-state index contributed by atoms with van der Waals surface area (Å²) in [7, 11) is 1.45. The summed E-state index contributed by atoms with van der Waals surface area (Å²) in [5.74, 6) is 0.623. The van der Waals surface area contributed by atoms with Crippen molar-refractivity contribution in [2.45, 2.75) is 44.6 Å². The van der Waals surface area contributed by atoms with Crippen molar-refractivity contribution >= 4 is 11.7 Å². The first-order chi connectivity index (χ1) is 11.5. The van der Waals surface area contributed by atoms with Crippen molar-refractivity contribution in [3.63, 3.8) is 0 Å². The highest BCUT2D eigenvalue weighted by Gasteiger charge is 2.23. The molecule has 1 amide bonds. The minimum Gasteiger partial charge on any atom is -0.358 e. The number of piperidine rings is 1. The number of nitrogens with one attached hydrogen (secondary N) is 2. The van der Waals surface area contributed by atoms with Crippen LogP contribution in [0.1, 0.15) is 38.5 Å². The first-order valence-electron chi connectivity index (χ1n) is 8.60. The number of nitrogens with zero attached hydrogens (tertiary/aromatic N) is 2. The van der Waals surface area contributed by atoms with E-state index in [0.717, 1.165) is 42.2 Å². The van der Waals surface area contributed by atoms with Crippen LogP contribution in [-0.2, 0) is 11.8 Å². The Labute approximate surface area is 140 Å². The Hall–Kier alpha value is -2.31. The van der Waals surface area contributed by atoms with Crippen LogP contribution in [0.15, 0.2) is 27.3 Å². The summed E-state index contributed by atoms with van der Waals surface area (Å²) >= 11 is 0. The third-order valence-electron chi connectivity index (χ3n) is 4.88. The van der Waals surface area contributed by atoms with Gasteiger partial charge in [-0.3, -0.25) is 19.1 Å². The number of carbonyl (C=O) groups excluding carboxylic acids is 1. The van der Waals surface area contributed by atoms with E-state index in [2.05, 4.69) is 16.4 Å². The average molecular weight is 332 g/mol. The van der Waals surface area contributed by atoms with E-state index >= 15 is 0 Å². The highest BCUT2D eigenvalue weighted by molar-refractivity contribution is 5.93. The second-order valence-electron chi connectivity index (χ2n) is 6.57. The molecular weight excluding hydrogens is 308 g/mol. The maximum atomic E-state index is 12.3. The summed E-state index contributed by atoms with van der Waals surface area (Å²) in [4.78, 5) is 40.4. The molecule has 0 radical (unpaired) electrons. The number of anilines is 1. The van der Waals surface area contributed by atoms with Gasteiger partial charge in [0.2, 0.25) is 5.91 Å². The number of rotatable bonds is 3. The SMILES string of the molecule is Cn1c(=O)cc(N2CCC(NC(=O)C3=CCCCC3)CC2)[nH]c1=O. The van der Waals surface area contributed by atoms with E-state index in [4.69, 9.17) is 0 Å². The summed E-state index contributed by atoms with van der Waals surface area (Å²) < 4.78 is 1.05. The van der Waals surface area contributed by atoms with Gasteiger partial charge in [-0.15, -0.1) is 0 Å². The Balaban J connectivity index is 1.58. The van der Waals surface area contributed by atoms with E-state index < -0.39 is 5.69 Å². The van der Waals surface area contributed by atoms with Crippen LogP contribution in [0.4, 0.5) is 5.82 Å². The molecule has 24 heavy (non-hydrogen) atoms. The van der Waals surface area contributed by atoms with Gasteiger partial charge < -0.3 is 10.2 Å². The molecule has 0 spiro atoms. The Morgan fingerprint density at radius 3 is 2.62 bits per heavy atom. The third kappa shape index (κ3) is 3.60. The smallest absolute Gasteiger partial charge is 0.329 e. The van der Waals surface area contributed by atoms with Crippen LogP contribution in [0.3, 0.4) is 0 Å². The first kappa shape index (κ1) is 16.5. The molecular formula is C17H24N4O3. The Morgan fingerprint density at radius 2 is 2.00 bits per heavy atom. The van der Waals surface area contributed by atoms with Crippen LogP contribution >= 0.6 is 0 Å². The fraction of sp³-hybridized carbons (Fsp3) is 0.588. The molecule has 2 N–H and O–H groups in total. The van der Waals surface area contributed by atoms with Gasteiger partial charge in [0.25, 0.3) is 5.56 Å². The molecule has 0 atom stereocenters. The van der Waals surface area contributed by atoms with Gasteiger partial charge in [-0.05, 0) is 38.5 Å². The van der Waals surface area contributed by atoms with Crippen molar-refractivity contribution in [1.29, 1.82) is 0 Å². The fourth-order valence-electron chi connectivity index (χ4n) is 3.30. The van der Waals surface area contributed by atoms with Crippen molar-refractivity contribution in [2.75, 3.05) is 18.0 Å². The minimum atomic E-state index is -0.405. The largest absolute Gasteiger partial charge is 0.358 e. The van der Waals surface area contributed by atoms with Crippen molar-refractivity contribution in [3.05, 3.63) is 38.6 Å². The first-order valence-corrected chi connectivity index (χ1v) is 8.60. The Bertz CT molecular complexity index is 723. The molecule has 0 saturated carbocycles.